The van der Waals surface area contributed by atoms with Gasteiger partial charge in [0.2, 0.25) is 0 Å². The van der Waals surface area contributed by atoms with E-state index in [-0.39, 0.29) is 5.91 Å². The summed E-state index contributed by atoms with van der Waals surface area (Å²) in [6, 6.07) is 15.6. The molecule has 1 saturated heterocycles. The maximum absolute atomic E-state index is 12.7. The van der Waals surface area contributed by atoms with Crippen molar-refractivity contribution in [3.05, 3.63) is 59.1 Å². The van der Waals surface area contributed by atoms with Crippen molar-refractivity contribution in [2.24, 2.45) is 0 Å². The van der Waals surface area contributed by atoms with Gasteiger partial charge in [-0.2, -0.15) is 0 Å². The average Bonchev–Trinajstić information content (AvgIpc) is 2.63. The second kappa shape index (κ2) is 7.79. The highest BCUT2D eigenvalue weighted by molar-refractivity contribution is 6.30. The van der Waals surface area contributed by atoms with Gasteiger partial charge in [-0.3, -0.25) is 4.79 Å². The molecule has 2 aromatic carbocycles. The molecule has 2 aromatic rings. The molecule has 0 bridgehead atoms. The fourth-order valence-corrected chi connectivity index (χ4v) is 3.23. The summed E-state index contributed by atoms with van der Waals surface area (Å²) in [6.45, 7) is 6.76. The number of hydrogen-bond acceptors (Lipinski definition) is 3. The van der Waals surface area contributed by atoms with Crippen LogP contribution in [0.3, 0.4) is 0 Å². The molecule has 1 aliphatic heterocycles. The number of rotatable bonds is 4. The van der Waals surface area contributed by atoms with Crippen molar-refractivity contribution in [3.63, 3.8) is 0 Å². The van der Waals surface area contributed by atoms with Crippen LogP contribution in [0.5, 0.6) is 5.75 Å². The number of ether oxygens (including phenoxy) is 1. The summed E-state index contributed by atoms with van der Waals surface area (Å²) >= 11 is 6.07. The van der Waals surface area contributed by atoms with E-state index in [9.17, 15) is 4.79 Å². The zero-order chi connectivity index (χ0) is 17.8. The number of amides is 1. The quantitative estimate of drug-likeness (QED) is 0.834. The molecular weight excluding hydrogens is 336 g/mol. The monoisotopic (exact) mass is 358 g/mol. The fourth-order valence-electron chi connectivity index (χ4n) is 3.04. The number of para-hydroxylation sites is 1. The number of benzene rings is 2. The molecule has 1 amide bonds. The predicted octanol–water partition coefficient (Wildman–Crippen LogP) is 3.76. The Morgan fingerprint density at radius 1 is 1.08 bits per heavy atom. The van der Waals surface area contributed by atoms with Gasteiger partial charge in [0.05, 0.1) is 0 Å². The molecule has 1 aliphatic rings. The number of nitrogens with zero attached hydrogens (tertiary/aromatic N) is 2. The van der Waals surface area contributed by atoms with Crippen molar-refractivity contribution in [2.75, 3.05) is 31.1 Å². The first-order valence-corrected chi connectivity index (χ1v) is 8.94. The van der Waals surface area contributed by atoms with Crippen LogP contribution in [0, 0.1) is 6.92 Å². The number of anilines is 1. The minimum Gasteiger partial charge on any atom is -0.481 e. The highest BCUT2D eigenvalue weighted by Crippen LogP contribution is 2.22. The number of aryl methyl sites for hydroxylation is 1. The zero-order valence-corrected chi connectivity index (χ0v) is 15.4. The molecule has 25 heavy (non-hydrogen) atoms. The van der Waals surface area contributed by atoms with Gasteiger partial charge in [-0.05, 0) is 43.7 Å². The Balaban J connectivity index is 1.57. The predicted molar refractivity (Wildman–Crippen MR) is 102 cm³/mol. The number of piperazine rings is 1. The van der Waals surface area contributed by atoms with Crippen molar-refractivity contribution >= 4 is 23.2 Å². The SMILES string of the molecule is Cc1ccccc1O[C@H](C)C(=O)N1CCN(c2cccc(Cl)c2)CC1. The third-order valence-corrected chi connectivity index (χ3v) is 4.74. The largest absolute Gasteiger partial charge is 0.481 e. The van der Waals surface area contributed by atoms with E-state index in [1.165, 1.54) is 0 Å². The van der Waals surface area contributed by atoms with Crippen molar-refractivity contribution in [3.8, 4) is 5.75 Å². The van der Waals surface area contributed by atoms with Crippen molar-refractivity contribution < 1.29 is 9.53 Å². The maximum Gasteiger partial charge on any atom is 0.263 e. The van der Waals surface area contributed by atoms with Crippen LogP contribution < -0.4 is 9.64 Å². The van der Waals surface area contributed by atoms with E-state index in [1.807, 2.05) is 67.3 Å². The Labute approximate surface area is 154 Å². The third kappa shape index (κ3) is 4.26. The zero-order valence-electron chi connectivity index (χ0n) is 14.6. The average molecular weight is 359 g/mol. The van der Waals surface area contributed by atoms with E-state index in [4.69, 9.17) is 16.3 Å². The molecule has 1 atom stereocenters. The van der Waals surface area contributed by atoms with Crippen molar-refractivity contribution in [1.29, 1.82) is 0 Å². The molecule has 0 N–H and O–H groups in total. The molecule has 0 saturated carbocycles. The second-order valence-electron chi connectivity index (χ2n) is 6.32. The molecule has 0 unspecified atom stereocenters. The minimum atomic E-state index is -0.487. The summed E-state index contributed by atoms with van der Waals surface area (Å²) in [5.41, 5.74) is 2.14. The van der Waals surface area contributed by atoms with Crippen LogP contribution in [-0.4, -0.2) is 43.1 Å². The Hall–Kier alpha value is -2.20. The molecule has 0 aliphatic carbocycles. The Morgan fingerprint density at radius 2 is 1.80 bits per heavy atom. The van der Waals surface area contributed by atoms with Crippen LogP contribution in [0.4, 0.5) is 5.69 Å². The number of carbonyl (C=O) groups excluding carboxylic acids is 1. The second-order valence-corrected chi connectivity index (χ2v) is 6.75. The molecule has 5 heteroatoms. The smallest absolute Gasteiger partial charge is 0.263 e. The molecule has 3 rings (SSSR count). The molecule has 1 fully saturated rings. The van der Waals surface area contributed by atoms with Gasteiger partial charge in [-0.25, -0.2) is 0 Å². The van der Waals surface area contributed by atoms with E-state index >= 15 is 0 Å². The number of carbonyl (C=O) groups is 1. The van der Waals surface area contributed by atoms with Crippen LogP contribution in [0.15, 0.2) is 48.5 Å². The summed E-state index contributed by atoms with van der Waals surface area (Å²) in [5, 5.41) is 0.733. The summed E-state index contributed by atoms with van der Waals surface area (Å²) < 4.78 is 5.87. The molecule has 4 nitrogen and oxygen atoms in total. The summed E-state index contributed by atoms with van der Waals surface area (Å²) in [4.78, 5) is 16.8. The van der Waals surface area contributed by atoms with E-state index < -0.39 is 6.10 Å². The first-order valence-electron chi connectivity index (χ1n) is 8.56. The maximum atomic E-state index is 12.7. The van der Waals surface area contributed by atoms with Gasteiger partial charge in [0, 0.05) is 36.9 Å². The molecule has 0 radical (unpaired) electrons. The van der Waals surface area contributed by atoms with E-state index in [0.717, 1.165) is 35.1 Å². The first-order chi connectivity index (χ1) is 12.0. The van der Waals surface area contributed by atoms with Gasteiger partial charge in [-0.1, -0.05) is 35.9 Å². The number of hydrogen-bond donors (Lipinski definition) is 0. The summed E-state index contributed by atoms with van der Waals surface area (Å²) in [7, 11) is 0. The van der Waals surface area contributed by atoms with Crippen LogP contribution in [-0.2, 0) is 4.79 Å². The van der Waals surface area contributed by atoms with Gasteiger partial charge in [-0.15, -0.1) is 0 Å². The Morgan fingerprint density at radius 3 is 2.48 bits per heavy atom. The third-order valence-electron chi connectivity index (χ3n) is 4.51. The van der Waals surface area contributed by atoms with Crippen LogP contribution >= 0.6 is 11.6 Å². The van der Waals surface area contributed by atoms with Crippen LogP contribution in [0.2, 0.25) is 5.02 Å². The van der Waals surface area contributed by atoms with E-state index in [2.05, 4.69) is 4.90 Å². The fraction of sp³-hybridized carbons (Fsp3) is 0.350. The highest BCUT2D eigenvalue weighted by atomic mass is 35.5. The lowest BCUT2D eigenvalue weighted by Crippen LogP contribution is -2.52. The lowest BCUT2D eigenvalue weighted by Gasteiger charge is -2.37. The molecule has 0 spiro atoms. The van der Waals surface area contributed by atoms with Gasteiger partial charge < -0.3 is 14.5 Å². The normalized spacial score (nSPS) is 15.8. The first kappa shape index (κ1) is 17.6. The van der Waals surface area contributed by atoms with Gasteiger partial charge in [0.25, 0.3) is 5.91 Å². The molecule has 132 valence electrons. The van der Waals surface area contributed by atoms with Crippen molar-refractivity contribution in [1.82, 2.24) is 4.90 Å². The molecular formula is C20H23ClN2O2. The molecule has 0 aromatic heterocycles. The van der Waals surface area contributed by atoms with E-state index in [1.54, 1.807) is 0 Å². The topological polar surface area (TPSA) is 32.8 Å². The van der Waals surface area contributed by atoms with Crippen molar-refractivity contribution in [2.45, 2.75) is 20.0 Å². The standard InChI is InChI=1S/C20H23ClN2O2/c1-15-6-3-4-9-19(15)25-16(2)20(24)23-12-10-22(11-13-23)18-8-5-7-17(21)14-18/h3-9,14,16H,10-13H2,1-2H3/t16-/m1/s1. The lowest BCUT2D eigenvalue weighted by molar-refractivity contribution is -0.138. The summed E-state index contributed by atoms with van der Waals surface area (Å²) in [6.07, 6.45) is -0.487. The lowest BCUT2D eigenvalue weighted by atomic mass is 10.2. The Kier molecular flexibility index (Phi) is 5.49. The van der Waals surface area contributed by atoms with Crippen LogP contribution in [0.1, 0.15) is 12.5 Å². The highest BCUT2D eigenvalue weighted by Gasteiger charge is 2.26. The number of halogens is 1. The minimum absolute atomic E-state index is 0.0361. The van der Waals surface area contributed by atoms with Gasteiger partial charge in [0.1, 0.15) is 5.75 Å². The van der Waals surface area contributed by atoms with Gasteiger partial charge >= 0.3 is 0 Å². The summed E-state index contributed by atoms with van der Waals surface area (Å²) in [5.74, 6) is 0.801. The van der Waals surface area contributed by atoms with E-state index in [0.29, 0.717) is 13.1 Å². The Bertz CT molecular complexity index is 742. The van der Waals surface area contributed by atoms with Gasteiger partial charge in [0.15, 0.2) is 6.10 Å². The molecule has 1 heterocycles. The van der Waals surface area contributed by atoms with Crippen LogP contribution in [0.25, 0.3) is 0 Å².